The molecular weight excluding hydrogens is 446 g/mol. The second kappa shape index (κ2) is 9.52. The number of nitrogens with zero attached hydrogens (tertiary/aromatic N) is 1. The number of rotatable bonds is 7. The first kappa shape index (κ1) is 21.6. The lowest BCUT2D eigenvalue weighted by atomic mass is 10.2. The van der Waals surface area contributed by atoms with Gasteiger partial charge in [0.05, 0.1) is 18.5 Å². The van der Waals surface area contributed by atoms with Gasteiger partial charge in [0.1, 0.15) is 0 Å². The summed E-state index contributed by atoms with van der Waals surface area (Å²) in [5.41, 5.74) is 1.79. The van der Waals surface area contributed by atoms with Crippen LogP contribution < -0.4 is 10.0 Å². The molecule has 0 fully saturated rings. The van der Waals surface area contributed by atoms with Gasteiger partial charge < -0.3 is 10.2 Å². The molecule has 2 N–H and O–H groups in total. The maximum Gasteiger partial charge on any atom is 0.246 e. The van der Waals surface area contributed by atoms with E-state index in [9.17, 15) is 18.0 Å². The summed E-state index contributed by atoms with van der Waals surface area (Å²) in [5.74, 6) is -0.645. The Morgan fingerprint density at radius 2 is 1.75 bits per heavy atom. The first-order chi connectivity index (χ1) is 13.1. The number of hydrogen-bond donors (Lipinski definition) is 2. The molecule has 0 saturated heterocycles. The molecule has 2 aromatic carbocycles. The van der Waals surface area contributed by atoms with Crippen molar-refractivity contribution in [1.29, 1.82) is 0 Å². The van der Waals surface area contributed by atoms with Crippen LogP contribution in [0.1, 0.15) is 5.56 Å². The fourth-order valence-corrected chi connectivity index (χ4v) is 3.16. The lowest BCUT2D eigenvalue weighted by Crippen LogP contribution is -2.33. The van der Waals surface area contributed by atoms with Crippen LogP contribution in [0.4, 0.5) is 11.4 Å². The van der Waals surface area contributed by atoms with Gasteiger partial charge in [0.15, 0.2) is 0 Å². The highest BCUT2D eigenvalue weighted by Gasteiger charge is 2.11. The Kier molecular flexibility index (Phi) is 7.36. The van der Waals surface area contributed by atoms with E-state index >= 15 is 0 Å². The number of halogens is 1. The molecule has 0 atom stereocenters. The number of anilines is 2. The fraction of sp³-hybridized carbons (Fsp3) is 0.158. The maximum atomic E-state index is 12.2. The van der Waals surface area contributed by atoms with E-state index in [0.717, 1.165) is 16.3 Å². The summed E-state index contributed by atoms with van der Waals surface area (Å²) in [6.07, 6.45) is 4.02. The summed E-state index contributed by atoms with van der Waals surface area (Å²) in [6.45, 7) is -0.0955. The Labute approximate surface area is 172 Å². The zero-order valence-electron chi connectivity index (χ0n) is 15.3. The first-order valence-electron chi connectivity index (χ1n) is 8.19. The minimum atomic E-state index is -3.33. The Bertz CT molecular complexity index is 988. The molecule has 7 nitrogen and oxygen atoms in total. The van der Waals surface area contributed by atoms with Crippen molar-refractivity contribution < 1.29 is 18.0 Å². The Hall–Kier alpha value is -2.65. The average Bonchev–Trinajstić information content (AvgIpc) is 2.61. The van der Waals surface area contributed by atoms with Crippen LogP contribution in [-0.2, 0) is 19.6 Å². The third-order valence-electron chi connectivity index (χ3n) is 3.54. The number of sulfonamides is 1. The molecule has 2 aromatic rings. The Balaban J connectivity index is 1.90. The van der Waals surface area contributed by atoms with E-state index in [0.29, 0.717) is 11.4 Å². The highest BCUT2D eigenvalue weighted by Crippen LogP contribution is 2.21. The van der Waals surface area contributed by atoms with Gasteiger partial charge in [-0.1, -0.05) is 24.3 Å². The molecule has 0 saturated carbocycles. The van der Waals surface area contributed by atoms with Gasteiger partial charge in [0.25, 0.3) is 0 Å². The zero-order valence-corrected chi connectivity index (χ0v) is 17.7. The van der Waals surface area contributed by atoms with E-state index in [-0.39, 0.29) is 18.4 Å². The van der Waals surface area contributed by atoms with E-state index in [1.54, 1.807) is 42.5 Å². The largest absolute Gasteiger partial charge is 0.333 e. The van der Waals surface area contributed by atoms with E-state index in [2.05, 4.69) is 26.0 Å². The van der Waals surface area contributed by atoms with Crippen molar-refractivity contribution in [3.05, 3.63) is 64.6 Å². The lowest BCUT2D eigenvalue weighted by Gasteiger charge is -2.15. The van der Waals surface area contributed by atoms with E-state index in [1.165, 1.54) is 18.0 Å². The molecule has 0 radical (unpaired) electrons. The van der Waals surface area contributed by atoms with Gasteiger partial charge in [-0.3, -0.25) is 14.3 Å². The Morgan fingerprint density at radius 3 is 2.36 bits per heavy atom. The number of carbonyl (C=O) groups excluding carboxylic acids is 2. The maximum absolute atomic E-state index is 12.2. The molecule has 2 amide bonds. The van der Waals surface area contributed by atoms with Crippen molar-refractivity contribution in [3.63, 3.8) is 0 Å². The molecule has 0 unspecified atom stereocenters. The SMILES string of the molecule is CN(CC(=O)Nc1ccccc1Br)C(=O)/C=C/c1ccc(NS(C)(=O)=O)cc1. The molecule has 0 aliphatic rings. The summed E-state index contributed by atoms with van der Waals surface area (Å²) < 4.78 is 25.5. The van der Waals surface area contributed by atoms with Crippen LogP contribution in [0.15, 0.2) is 59.1 Å². The monoisotopic (exact) mass is 465 g/mol. The summed E-state index contributed by atoms with van der Waals surface area (Å²) in [7, 11) is -1.80. The average molecular weight is 466 g/mol. The van der Waals surface area contributed by atoms with Gasteiger partial charge in [-0.25, -0.2) is 8.42 Å². The molecule has 0 heterocycles. The molecule has 0 aliphatic carbocycles. The van der Waals surface area contributed by atoms with Crippen LogP contribution in [0.25, 0.3) is 6.08 Å². The minimum Gasteiger partial charge on any atom is -0.333 e. The highest BCUT2D eigenvalue weighted by molar-refractivity contribution is 9.10. The minimum absolute atomic E-state index is 0.0955. The zero-order chi connectivity index (χ0) is 20.7. The Morgan fingerprint density at radius 1 is 1.11 bits per heavy atom. The van der Waals surface area contributed by atoms with Crippen LogP contribution in [0.5, 0.6) is 0 Å². The molecule has 9 heteroatoms. The number of amides is 2. The molecule has 2 rings (SSSR count). The first-order valence-corrected chi connectivity index (χ1v) is 10.9. The smallest absolute Gasteiger partial charge is 0.246 e. The van der Waals surface area contributed by atoms with Gasteiger partial charge in [-0.15, -0.1) is 0 Å². The second-order valence-electron chi connectivity index (χ2n) is 6.05. The number of benzene rings is 2. The topological polar surface area (TPSA) is 95.6 Å². The molecule has 148 valence electrons. The summed E-state index contributed by atoms with van der Waals surface area (Å²) >= 11 is 3.35. The van der Waals surface area contributed by atoms with Crippen LogP contribution in [0.2, 0.25) is 0 Å². The molecule has 0 aliphatic heterocycles. The lowest BCUT2D eigenvalue weighted by molar-refractivity contribution is -0.129. The number of carbonyl (C=O) groups is 2. The van der Waals surface area contributed by atoms with Gasteiger partial charge in [0.2, 0.25) is 21.8 Å². The van der Waals surface area contributed by atoms with E-state index in [4.69, 9.17) is 0 Å². The number of likely N-dealkylation sites (N-methyl/N-ethyl adjacent to an activating group) is 1. The van der Waals surface area contributed by atoms with Gasteiger partial charge in [0, 0.05) is 23.3 Å². The predicted molar refractivity (Wildman–Crippen MR) is 114 cm³/mol. The molecule has 28 heavy (non-hydrogen) atoms. The third-order valence-corrected chi connectivity index (χ3v) is 4.84. The molecule has 0 bridgehead atoms. The van der Waals surface area contributed by atoms with Crippen molar-refractivity contribution >= 4 is 55.2 Å². The van der Waals surface area contributed by atoms with Gasteiger partial charge in [-0.2, -0.15) is 0 Å². The van der Waals surface area contributed by atoms with Crippen LogP contribution in [-0.4, -0.2) is 45.0 Å². The summed E-state index contributed by atoms with van der Waals surface area (Å²) in [4.78, 5) is 25.6. The van der Waals surface area contributed by atoms with Crippen LogP contribution in [0, 0.1) is 0 Å². The van der Waals surface area contributed by atoms with Crippen molar-refractivity contribution in [3.8, 4) is 0 Å². The number of para-hydroxylation sites is 1. The number of hydrogen-bond acceptors (Lipinski definition) is 4. The van der Waals surface area contributed by atoms with Crippen molar-refractivity contribution in [2.75, 3.05) is 29.9 Å². The van der Waals surface area contributed by atoms with Crippen LogP contribution >= 0.6 is 15.9 Å². The third kappa shape index (κ3) is 7.16. The van der Waals surface area contributed by atoms with Gasteiger partial charge in [-0.05, 0) is 51.8 Å². The quantitative estimate of drug-likeness (QED) is 0.614. The molecule has 0 spiro atoms. The van der Waals surface area contributed by atoms with Crippen molar-refractivity contribution in [2.45, 2.75) is 0 Å². The van der Waals surface area contributed by atoms with Crippen molar-refractivity contribution in [1.82, 2.24) is 4.90 Å². The standard InChI is InChI=1S/C19H20BrN3O4S/c1-23(13-18(24)21-17-6-4-3-5-16(17)20)19(25)12-9-14-7-10-15(11-8-14)22-28(2,26)27/h3-12,22H,13H2,1-2H3,(H,21,24)/b12-9+. The second-order valence-corrected chi connectivity index (χ2v) is 8.65. The van der Waals surface area contributed by atoms with Gasteiger partial charge >= 0.3 is 0 Å². The van der Waals surface area contributed by atoms with E-state index < -0.39 is 10.0 Å². The molecule has 0 aromatic heterocycles. The van der Waals surface area contributed by atoms with E-state index in [1.807, 2.05) is 12.1 Å². The normalized spacial score (nSPS) is 11.2. The summed E-state index contributed by atoms with van der Waals surface area (Å²) in [6, 6.07) is 13.8. The fourth-order valence-electron chi connectivity index (χ4n) is 2.22. The van der Waals surface area contributed by atoms with Crippen molar-refractivity contribution in [2.24, 2.45) is 0 Å². The number of nitrogens with one attached hydrogen (secondary N) is 2. The highest BCUT2D eigenvalue weighted by atomic mass is 79.9. The van der Waals surface area contributed by atoms with Crippen LogP contribution in [0.3, 0.4) is 0 Å². The summed E-state index contributed by atoms with van der Waals surface area (Å²) in [5, 5.41) is 2.73. The molecular formula is C19H20BrN3O4S. The predicted octanol–water partition coefficient (Wildman–Crippen LogP) is 2.93.